The Balaban J connectivity index is 0.000000282. The lowest BCUT2D eigenvalue weighted by atomic mass is 10.0. The van der Waals surface area contributed by atoms with Gasteiger partial charge in [0.15, 0.2) is 3.23 Å². The second-order valence-corrected chi connectivity index (χ2v) is 41.2. The highest BCUT2D eigenvalue weighted by atomic mass is 79.9. The Morgan fingerprint density at radius 1 is 0.519 bits per heavy atom. The zero-order valence-corrected chi connectivity index (χ0v) is 88.4. The molecule has 1 atom stereocenters. The number of anilines is 2. The lowest BCUT2D eigenvalue weighted by Gasteiger charge is -2.21. The molecular formula is C94H111Br7N8O26. The van der Waals surface area contributed by atoms with E-state index >= 15 is 0 Å². The summed E-state index contributed by atoms with van der Waals surface area (Å²) in [6.07, 6.45) is 5.58. The molecule has 34 nitrogen and oxygen atoms in total. The molecule has 5 N–H and O–H groups in total. The number of aromatic nitrogens is 5. The lowest BCUT2D eigenvalue weighted by Crippen LogP contribution is -2.29. The van der Waals surface area contributed by atoms with Crippen LogP contribution in [0.25, 0.3) is 43.7 Å². The Bertz CT molecular complexity index is 5980. The number of nitrogens with zero attached hydrogens (tertiary/aromatic N) is 4. The van der Waals surface area contributed by atoms with Crippen molar-refractivity contribution in [1.29, 1.82) is 5.26 Å². The first kappa shape index (κ1) is 115. The number of nitriles is 1. The van der Waals surface area contributed by atoms with E-state index < -0.39 is 68.0 Å². The van der Waals surface area contributed by atoms with E-state index in [0.717, 1.165) is 79.3 Å². The third-order valence-corrected chi connectivity index (χ3v) is 22.0. The Morgan fingerprint density at radius 2 is 0.941 bits per heavy atom. The molecule has 6 aromatic carbocycles. The van der Waals surface area contributed by atoms with Crippen molar-refractivity contribution in [2.24, 2.45) is 0 Å². The number of H-pyrrole nitrogens is 2. The number of hydrogen-bond acceptors (Lipinski definition) is 27. The van der Waals surface area contributed by atoms with Gasteiger partial charge in [-0.25, -0.2) is 52.3 Å². The van der Waals surface area contributed by atoms with Crippen LogP contribution in [0.3, 0.4) is 0 Å². The van der Waals surface area contributed by atoms with Crippen LogP contribution in [0.15, 0.2) is 136 Å². The average Bonchev–Trinajstić information content (AvgIpc) is 1.61. The van der Waals surface area contributed by atoms with E-state index in [9.17, 15) is 62.6 Å². The number of fused-ring (bicyclic) bond motifs is 6. The number of amides is 2. The number of aliphatic hydroxyl groups excluding tert-OH is 1. The van der Waals surface area contributed by atoms with Gasteiger partial charge in [0, 0.05) is 119 Å². The van der Waals surface area contributed by atoms with Crippen molar-refractivity contribution in [3.8, 4) is 17.8 Å². The second kappa shape index (κ2) is 52.3. The smallest absolute Gasteiger partial charge is 0.469 e. The highest BCUT2D eigenvalue weighted by Crippen LogP contribution is 2.50. The van der Waals surface area contributed by atoms with Gasteiger partial charge in [0.1, 0.15) is 22.4 Å². The number of halogens is 7. The maximum absolute atomic E-state index is 12.9. The van der Waals surface area contributed by atoms with Crippen molar-refractivity contribution in [3.63, 3.8) is 0 Å². The quantitative estimate of drug-likeness (QED) is 0.0431. The normalized spacial score (nSPS) is 13.2. The van der Waals surface area contributed by atoms with Crippen LogP contribution >= 0.6 is 112 Å². The zero-order chi connectivity index (χ0) is 100. The van der Waals surface area contributed by atoms with E-state index in [1.54, 1.807) is 155 Å². The third kappa shape index (κ3) is 34.1. The molecule has 2 fully saturated rings. The van der Waals surface area contributed by atoms with E-state index in [0.29, 0.717) is 80.0 Å². The van der Waals surface area contributed by atoms with Crippen LogP contribution in [0.1, 0.15) is 213 Å². The minimum atomic E-state index is -1.10. The van der Waals surface area contributed by atoms with Crippen molar-refractivity contribution in [3.05, 3.63) is 181 Å². The number of benzene rings is 6. The molecule has 8 heterocycles. The fourth-order valence-electron chi connectivity index (χ4n) is 12.8. The molecule has 135 heavy (non-hydrogen) atoms. The summed E-state index contributed by atoms with van der Waals surface area (Å²) in [6.45, 7) is 27.7. The van der Waals surface area contributed by atoms with Crippen molar-refractivity contribution in [2.45, 2.75) is 194 Å². The zero-order valence-electron chi connectivity index (χ0n) is 77.3. The highest BCUT2D eigenvalue weighted by molar-refractivity contribution is 9.25. The van der Waals surface area contributed by atoms with Gasteiger partial charge in [0.2, 0.25) is 17.7 Å². The predicted molar refractivity (Wildman–Crippen MR) is 534 cm³/mol. The highest BCUT2D eigenvalue weighted by Gasteiger charge is 2.46. The number of nitrogens with one attached hydrogen (secondary N) is 4. The number of aliphatic hydroxyl groups is 1. The van der Waals surface area contributed by atoms with Gasteiger partial charge in [-0.3, -0.25) is 19.0 Å². The summed E-state index contributed by atoms with van der Waals surface area (Å²) in [5.41, 5.74) is 4.55. The molecule has 4 aromatic heterocycles. The topological polar surface area (TPSA) is 439 Å². The molecule has 0 spiro atoms. The van der Waals surface area contributed by atoms with Gasteiger partial charge in [-0.15, -0.1) is 0 Å². The molecule has 0 saturated carbocycles. The number of ether oxygens (including phenoxy) is 13. The SMILES string of the molecule is C.C1CCOC1.C1CCOC1.CC#N.CC(C)(C)OC(=O)Oc1cc2c(CO)cc(Br)cc2n1C(=O)OC(C)(C)C.CCCC(CC(=O)OC)n1c(=O)[nH]c2ccccc21.COC(=O)c1cc(Br)cc2[nH]ccc12.COC(=O)c1cc(Br)cc2c1C(Br)(Br)C(=O)N2.COC(=O)c1cc(Br)cc2c1CC(=O)N2.COC(=O)c1cc(Br)cc2c1cc(OC(=O)OC(C)(C)C)n2C(=O)OC(C)(C)C. The molecule has 10 aromatic rings. The van der Waals surface area contributed by atoms with Crippen molar-refractivity contribution < 1.29 is 119 Å². The van der Waals surface area contributed by atoms with Crippen LogP contribution < -0.4 is 25.8 Å². The summed E-state index contributed by atoms with van der Waals surface area (Å²) >= 11 is 23.1. The number of imidazole rings is 1. The number of carbonyl (C=O) groups is 11. The number of para-hydroxylation sites is 2. The van der Waals surface area contributed by atoms with Crippen molar-refractivity contribution >= 4 is 233 Å². The summed E-state index contributed by atoms with van der Waals surface area (Å²) < 4.78 is 71.5. The van der Waals surface area contributed by atoms with Crippen molar-refractivity contribution in [2.75, 3.05) is 72.6 Å². The minimum absolute atomic E-state index is 0. The van der Waals surface area contributed by atoms with Gasteiger partial charge >= 0.3 is 60.0 Å². The maximum Gasteiger partial charge on any atom is 0.515 e. The van der Waals surface area contributed by atoms with Gasteiger partial charge in [-0.2, -0.15) is 5.26 Å². The lowest BCUT2D eigenvalue weighted by molar-refractivity contribution is -0.141. The van der Waals surface area contributed by atoms with Gasteiger partial charge in [-0.1, -0.05) is 144 Å². The molecule has 14 rings (SSSR count). The Hall–Kier alpha value is -10.3. The van der Waals surface area contributed by atoms with Gasteiger partial charge in [0.25, 0.3) is 5.91 Å². The van der Waals surface area contributed by atoms with Crippen LogP contribution in [-0.2, 0) is 82.8 Å². The molecule has 2 saturated heterocycles. The molecule has 0 radical (unpaired) electrons. The number of hydrogen-bond donors (Lipinski definition) is 5. The Morgan fingerprint density at radius 3 is 1.40 bits per heavy atom. The van der Waals surface area contributed by atoms with Crippen LogP contribution in [0, 0.1) is 11.3 Å². The molecule has 4 aliphatic rings. The molecule has 4 aliphatic heterocycles. The summed E-state index contributed by atoms with van der Waals surface area (Å²) in [4.78, 5) is 149. The summed E-state index contributed by atoms with van der Waals surface area (Å²) in [6, 6.07) is 30.8. The maximum atomic E-state index is 12.9. The molecule has 0 aliphatic carbocycles. The number of aromatic amines is 2. The fraction of sp³-hybridized carbons (Fsp3) is 0.415. The third-order valence-electron chi connectivity index (χ3n) is 18.2. The van der Waals surface area contributed by atoms with Gasteiger partial charge < -0.3 is 87.3 Å². The second-order valence-electron chi connectivity index (χ2n) is 33.1. The summed E-state index contributed by atoms with van der Waals surface area (Å²) in [7, 11) is 6.60. The number of methoxy groups -OCH3 is 5. The first-order valence-corrected chi connectivity index (χ1v) is 46.9. The molecule has 732 valence electrons. The Labute approximate surface area is 840 Å². The molecule has 2 amide bonds. The number of esters is 5. The average molecular weight is 2330 g/mol. The Kier molecular flexibility index (Phi) is 44.6. The number of carbonyl (C=O) groups excluding carboxylic acids is 11. The first-order valence-electron chi connectivity index (χ1n) is 41.4. The van der Waals surface area contributed by atoms with E-state index in [2.05, 4.69) is 137 Å². The molecule has 1 unspecified atom stereocenters. The van der Waals surface area contributed by atoms with Crippen LogP contribution in [-0.4, -0.2) is 179 Å². The van der Waals surface area contributed by atoms with Crippen LogP contribution in [0.2, 0.25) is 0 Å². The van der Waals surface area contributed by atoms with Crippen LogP contribution in [0.5, 0.6) is 11.8 Å². The number of alkyl halides is 2. The molecule has 0 bridgehead atoms. The van der Waals surface area contributed by atoms with E-state index in [1.165, 1.54) is 80.3 Å². The van der Waals surface area contributed by atoms with E-state index in [1.807, 2.05) is 43.3 Å². The number of rotatable bonds is 12. The largest absolute Gasteiger partial charge is 0.515 e. The fourth-order valence-corrected chi connectivity index (χ4v) is 16.2. The molecular weight excluding hydrogens is 2220 g/mol. The first-order chi connectivity index (χ1) is 62.8. The van der Waals surface area contributed by atoms with E-state index in [4.69, 9.17) is 62.1 Å². The minimum Gasteiger partial charge on any atom is -0.469 e. The van der Waals surface area contributed by atoms with Gasteiger partial charge in [-0.05, 0) is 205 Å². The monoisotopic (exact) mass is 2320 g/mol. The molecule has 41 heteroatoms. The summed E-state index contributed by atoms with van der Waals surface area (Å²) in [5.74, 6) is -2.74. The van der Waals surface area contributed by atoms with E-state index in [-0.39, 0.29) is 79.7 Å². The standard InChI is InChI=1S/C20H24BrNO7.C19H24BrNO6.C14H18N2O3.C10H6Br3NO3.C10H8BrNO3.C10H8BrNO2.2C4H8O.C2H3N.CH4/c1-19(2,3)28-17(24)22-14-9-11(21)8-13(16(23)26-7)12(14)10-15(22)27-18(25)29-20(4,5)6;1-18(2,3)26-16(23)21-14-8-12(20)7-11(10-22)13(14)9-15(21)25-17(24)27-19(4,5)6;1-3-6-10(9-13(17)19-2)16-12-8-5-4-7-11(12)15-14(16)18;1-17-8(15)5-2-4(11)3-6-7(5)10(12,13)9(16)14-6;1-15-10(14)7-2-5(11)3-8-6(7)4-9(13)12-8;1-14-10(13)8-4-6(11)5-9-7(8)2-3-12-9;2*1-2-4-5-3-1;1-2-3;/h8-10H,1-7H3;7-9,22H,10H2,1-6H3;4-5,7-8,10H,3,6,9H2,1-2H3,(H,15,18);2-3H,1H3,(H,14,16);2-3H,4H2,1H3,(H,12,13);2-5,12H,1H3;2*1-4H2;1H3;1H4. The van der Waals surface area contributed by atoms with Crippen LogP contribution in [0.4, 0.5) is 30.6 Å². The summed E-state index contributed by atoms with van der Waals surface area (Å²) in [5, 5.41) is 24.1. The van der Waals surface area contributed by atoms with Crippen molar-refractivity contribution in [1.82, 2.24) is 23.7 Å². The predicted octanol–water partition coefficient (Wildman–Crippen LogP) is 22.9. The van der Waals surface area contributed by atoms with Gasteiger partial charge in [0.05, 0.1) is 105 Å².